The van der Waals surface area contributed by atoms with E-state index >= 15 is 0 Å². The molecule has 0 saturated carbocycles. The van der Waals surface area contributed by atoms with Gasteiger partial charge in [0.2, 0.25) is 0 Å². The molecule has 1 N–H and O–H groups in total. The quantitative estimate of drug-likeness (QED) is 0.897. The number of rotatable bonds is 5. The summed E-state index contributed by atoms with van der Waals surface area (Å²) in [7, 11) is 0. The third kappa shape index (κ3) is 4.17. The van der Waals surface area contributed by atoms with Crippen molar-refractivity contribution >= 4 is 5.82 Å². The highest BCUT2D eigenvalue weighted by Crippen LogP contribution is 2.23. The predicted octanol–water partition coefficient (Wildman–Crippen LogP) is 3.13. The minimum Gasteiger partial charge on any atom is -0.352 e. The van der Waals surface area contributed by atoms with Gasteiger partial charge in [0, 0.05) is 25.2 Å². The molecule has 0 spiro atoms. The van der Waals surface area contributed by atoms with Crippen LogP contribution in [0.5, 0.6) is 0 Å². The molecule has 1 unspecified atom stereocenters. The Balaban J connectivity index is 2.03. The van der Waals surface area contributed by atoms with Crippen LogP contribution >= 0.6 is 0 Å². The van der Waals surface area contributed by atoms with Gasteiger partial charge in [-0.15, -0.1) is 5.10 Å². The van der Waals surface area contributed by atoms with E-state index in [2.05, 4.69) is 53.3 Å². The van der Waals surface area contributed by atoms with Crippen LogP contribution in [0, 0.1) is 0 Å². The molecule has 1 aromatic heterocycles. The van der Waals surface area contributed by atoms with E-state index in [1.165, 1.54) is 32.1 Å². The van der Waals surface area contributed by atoms with Crippen LogP contribution in [0.3, 0.4) is 0 Å². The van der Waals surface area contributed by atoms with Gasteiger partial charge in [-0.25, -0.2) is 0 Å². The Labute approximate surface area is 123 Å². The van der Waals surface area contributed by atoms with E-state index in [1.54, 1.807) is 0 Å². The monoisotopic (exact) mass is 276 g/mol. The van der Waals surface area contributed by atoms with Crippen molar-refractivity contribution in [2.75, 3.05) is 11.4 Å². The number of anilines is 1. The lowest BCUT2D eigenvalue weighted by Gasteiger charge is -2.30. The van der Waals surface area contributed by atoms with Crippen LogP contribution in [0.25, 0.3) is 0 Å². The average molecular weight is 276 g/mol. The fraction of sp³-hybridized carbons (Fsp3) is 0.750. The first kappa shape index (κ1) is 15.2. The van der Waals surface area contributed by atoms with Crippen LogP contribution in [-0.2, 0) is 6.54 Å². The number of nitrogens with zero attached hydrogens (tertiary/aromatic N) is 3. The van der Waals surface area contributed by atoms with Gasteiger partial charge >= 0.3 is 0 Å². The summed E-state index contributed by atoms with van der Waals surface area (Å²) < 4.78 is 0. The van der Waals surface area contributed by atoms with Gasteiger partial charge in [-0.2, -0.15) is 5.10 Å². The molecular formula is C16H28N4. The summed E-state index contributed by atoms with van der Waals surface area (Å²) in [4.78, 5) is 2.46. The van der Waals surface area contributed by atoms with Crippen molar-refractivity contribution in [1.29, 1.82) is 0 Å². The second-order valence-electron chi connectivity index (χ2n) is 6.02. The summed E-state index contributed by atoms with van der Waals surface area (Å²) in [6, 6.07) is 5.35. The van der Waals surface area contributed by atoms with Gasteiger partial charge in [0.25, 0.3) is 0 Å². The zero-order valence-electron chi connectivity index (χ0n) is 13.1. The van der Waals surface area contributed by atoms with Crippen molar-refractivity contribution in [3.8, 4) is 0 Å². The molecule has 0 aliphatic carbocycles. The molecule has 2 rings (SSSR count). The van der Waals surface area contributed by atoms with Crippen molar-refractivity contribution in [3.05, 3.63) is 17.8 Å². The van der Waals surface area contributed by atoms with E-state index in [9.17, 15) is 0 Å². The van der Waals surface area contributed by atoms with Gasteiger partial charge in [-0.1, -0.05) is 33.6 Å². The van der Waals surface area contributed by atoms with Gasteiger partial charge in [0.05, 0.1) is 5.69 Å². The summed E-state index contributed by atoms with van der Waals surface area (Å²) in [5.74, 6) is 1.05. The van der Waals surface area contributed by atoms with Crippen LogP contribution in [0.4, 0.5) is 5.82 Å². The molecule has 1 aliphatic rings. The highest BCUT2D eigenvalue weighted by atomic mass is 15.3. The lowest BCUT2D eigenvalue weighted by Crippen LogP contribution is -2.35. The molecule has 0 aromatic carbocycles. The SMILES string of the molecule is CCC1CCCCCN1c1ccc(CNC(C)C)nn1. The van der Waals surface area contributed by atoms with Crippen LogP contribution in [0.15, 0.2) is 12.1 Å². The molecule has 4 nitrogen and oxygen atoms in total. The van der Waals surface area contributed by atoms with E-state index in [0.29, 0.717) is 12.1 Å². The first-order valence-corrected chi connectivity index (χ1v) is 8.03. The van der Waals surface area contributed by atoms with Crippen molar-refractivity contribution in [1.82, 2.24) is 15.5 Å². The molecular weight excluding hydrogens is 248 g/mol. The largest absolute Gasteiger partial charge is 0.352 e. The second kappa shape index (κ2) is 7.58. The molecule has 1 aliphatic heterocycles. The average Bonchev–Trinajstić information content (AvgIpc) is 2.70. The molecule has 2 heterocycles. The number of aromatic nitrogens is 2. The van der Waals surface area contributed by atoms with Crippen molar-refractivity contribution < 1.29 is 0 Å². The van der Waals surface area contributed by atoms with Crippen molar-refractivity contribution in [2.45, 2.75) is 71.5 Å². The van der Waals surface area contributed by atoms with E-state index in [4.69, 9.17) is 0 Å². The van der Waals surface area contributed by atoms with E-state index < -0.39 is 0 Å². The first-order chi connectivity index (χ1) is 9.70. The van der Waals surface area contributed by atoms with Crippen LogP contribution in [0.1, 0.15) is 58.6 Å². The normalized spacial score (nSPS) is 20.2. The maximum Gasteiger partial charge on any atom is 0.151 e. The highest BCUT2D eigenvalue weighted by Gasteiger charge is 2.20. The van der Waals surface area contributed by atoms with Crippen LogP contribution in [-0.4, -0.2) is 28.8 Å². The summed E-state index contributed by atoms with van der Waals surface area (Å²) >= 11 is 0. The maximum atomic E-state index is 4.46. The standard InChI is InChI=1S/C16H28N4/c1-4-15-8-6-5-7-11-20(15)16-10-9-14(18-19-16)12-17-13(2)3/h9-10,13,15,17H,4-8,11-12H2,1-3H3. The molecule has 112 valence electrons. The maximum absolute atomic E-state index is 4.46. The first-order valence-electron chi connectivity index (χ1n) is 8.03. The molecule has 1 aromatic rings. The lowest BCUT2D eigenvalue weighted by molar-refractivity contribution is 0.547. The van der Waals surface area contributed by atoms with Crippen LogP contribution < -0.4 is 10.2 Å². The summed E-state index contributed by atoms with van der Waals surface area (Å²) in [5.41, 5.74) is 1.02. The summed E-state index contributed by atoms with van der Waals surface area (Å²) in [6.45, 7) is 8.48. The van der Waals surface area contributed by atoms with Gasteiger partial charge < -0.3 is 10.2 Å². The highest BCUT2D eigenvalue weighted by molar-refractivity contribution is 5.39. The number of nitrogens with one attached hydrogen (secondary N) is 1. The van der Waals surface area contributed by atoms with Gasteiger partial charge in [0.1, 0.15) is 0 Å². The predicted molar refractivity (Wildman–Crippen MR) is 83.9 cm³/mol. The molecule has 20 heavy (non-hydrogen) atoms. The molecule has 0 bridgehead atoms. The third-order valence-corrected chi connectivity index (χ3v) is 4.04. The van der Waals surface area contributed by atoms with Gasteiger partial charge in [-0.05, 0) is 31.4 Å². The number of hydrogen-bond acceptors (Lipinski definition) is 4. The Bertz CT molecular complexity index is 388. The summed E-state index contributed by atoms with van der Waals surface area (Å²) in [6.07, 6.45) is 6.44. The van der Waals surface area contributed by atoms with E-state index in [1.807, 2.05) is 0 Å². The minimum absolute atomic E-state index is 0.478. The second-order valence-corrected chi connectivity index (χ2v) is 6.02. The van der Waals surface area contributed by atoms with Crippen molar-refractivity contribution in [2.24, 2.45) is 0 Å². The zero-order chi connectivity index (χ0) is 14.4. The fourth-order valence-electron chi connectivity index (χ4n) is 2.81. The Morgan fingerprint density at radius 3 is 2.75 bits per heavy atom. The van der Waals surface area contributed by atoms with Gasteiger partial charge in [-0.3, -0.25) is 0 Å². The van der Waals surface area contributed by atoms with E-state index in [0.717, 1.165) is 24.6 Å². The third-order valence-electron chi connectivity index (χ3n) is 4.04. The molecule has 4 heteroatoms. The summed E-state index contributed by atoms with van der Waals surface area (Å²) in [5, 5.41) is 12.2. The van der Waals surface area contributed by atoms with E-state index in [-0.39, 0.29) is 0 Å². The minimum atomic E-state index is 0.478. The lowest BCUT2D eigenvalue weighted by atomic mass is 10.1. The molecule has 0 radical (unpaired) electrons. The Kier molecular flexibility index (Phi) is 5.77. The smallest absolute Gasteiger partial charge is 0.151 e. The topological polar surface area (TPSA) is 41.0 Å². The molecule has 1 fully saturated rings. The zero-order valence-corrected chi connectivity index (χ0v) is 13.1. The van der Waals surface area contributed by atoms with Crippen LogP contribution in [0.2, 0.25) is 0 Å². The van der Waals surface area contributed by atoms with Gasteiger partial charge in [0.15, 0.2) is 5.82 Å². The Hall–Kier alpha value is -1.16. The molecule has 0 amide bonds. The molecule has 1 atom stereocenters. The Morgan fingerprint density at radius 1 is 1.25 bits per heavy atom. The van der Waals surface area contributed by atoms with Crippen molar-refractivity contribution in [3.63, 3.8) is 0 Å². The Morgan fingerprint density at radius 2 is 2.10 bits per heavy atom. The fourth-order valence-corrected chi connectivity index (χ4v) is 2.81. The molecule has 1 saturated heterocycles. The number of hydrogen-bond donors (Lipinski definition) is 1.